The third kappa shape index (κ3) is 10.3. The molecule has 11 nitrogen and oxygen atoms in total. The van der Waals surface area contributed by atoms with E-state index in [1.165, 1.54) is 26.3 Å². The van der Waals surface area contributed by atoms with Crippen molar-refractivity contribution in [2.24, 2.45) is 0 Å². The van der Waals surface area contributed by atoms with E-state index < -0.39 is 61.6 Å². The van der Waals surface area contributed by atoms with Gasteiger partial charge in [-0.2, -0.15) is 13.2 Å². The van der Waals surface area contributed by atoms with Gasteiger partial charge in [0.25, 0.3) is 5.91 Å². The van der Waals surface area contributed by atoms with Gasteiger partial charge in [0.05, 0.1) is 19.3 Å². The number of esters is 2. The number of pyridine rings is 1. The van der Waals surface area contributed by atoms with E-state index in [1.807, 2.05) is 0 Å². The minimum absolute atomic E-state index is 0.0000302. The molecule has 2 heterocycles. The van der Waals surface area contributed by atoms with E-state index in [0.29, 0.717) is 12.8 Å². The highest BCUT2D eigenvalue weighted by Gasteiger charge is 2.38. The summed E-state index contributed by atoms with van der Waals surface area (Å²) in [5, 5.41) is 2.64. The van der Waals surface area contributed by atoms with Crippen LogP contribution in [-0.4, -0.2) is 80.0 Å². The predicted octanol–water partition coefficient (Wildman–Crippen LogP) is 4.26. The van der Waals surface area contributed by atoms with Crippen molar-refractivity contribution in [3.63, 3.8) is 0 Å². The summed E-state index contributed by atoms with van der Waals surface area (Å²) in [7, 11) is 1.36. The van der Waals surface area contributed by atoms with Crippen molar-refractivity contribution in [3.8, 4) is 11.5 Å². The molecule has 14 heteroatoms. The Morgan fingerprint density at radius 3 is 2.55 bits per heavy atom. The molecule has 2 aliphatic rings. The maximum Gasteiger partial charge on any atom is 0.389 e. The summed E-state index contributed by atoms with van der Waals surface area (Å²) in [6.45, 7) is 2.14. The fourth-order valence-electron chi connectivity index (χ4n) is 5.01. The molecule has 0 unspecified atom stereocenters. The second-order valence-electron chi connectivity index (χ2n) is 10.3. The lowest BCUT2D eigenvalue weighted by Crippen LogP contribution is -2.46. The van der Waals surface area contributed by atoms with Gasteiger partial charge >= 0.3 is 18.1 Å². The molecule has 0 bridgehead atoms. The van der Waals surface area contributed by atoms with Crippen LogP contribution in [0.1, 0.15) is 82.1 Å². The van der Waals surface area contributed by atoms with E-state index >= 15 is 0 Å². The third-order valence-electron chi connectivity index (χ3n) is 7.06. The van der Waals surface area contributed by atoms with Crippen molar-refractivity contribution in [2.75, 3.05) is 20.5 Å². The Morgan fingerprint density at radius 2 is 1.88 bits per heavy atom. The molecular formula is C28H39F3N2O9. The number of rotatable bonds is 12. The van der Waals surface area contributed by atoms with Gasteiger partial charge in [0, 0.05) is 32.2 Å². The zero-order chi connectivity index (χ0) is 30.7. The van der Waals surface area contributed by atoms with Crippen LogP contribution in [0.5, 0.6) is 11.5 Å². The summed E-state index contributed by atoms with van der Waals surface area (Å²) < 4.78 is 71.4. The molecule has 236 valence electrons. The van der Waals surface area contributed by atoms with Gasteiger partial charge in [0.15, 0.2) is 17.2 Å². The highest BCUT2D eigenvalue weighted by molar-refractivity contribution is 5.98. The molecule has 42 heavy (non-hydrogen) atoms. The molecule has 1 aromatic rings. The van der Waals surface area contributed by atoms with E-state index in [9.17, 15) is 27.6 Å². The third-order valence-corrected chi connectivity index (χ3v) is 7.06. The standard InChI is InChI=1S/C28H39F3N2O9/c1-17-24(38-15-7-13-28(29,30)31)22(42-19-8-4-5-9-19)11-6-10-20(27(36)41-17)33-26(35)23-25(40-16-39-18(2)34)21(37-3)12-14-32-23/h12,14,17,19-20,22,24H,4-11,13,15-16H2,1-3H3,(H,33,35)/t17-,20-,22-,24-/m0/s1. The number of ether oxygens (including phenoxy) is 6. The van der Waals surface area contributed by atoms with Gasteiger partial charge in [-0.05, 0) is 45.4 Å². The van der Waals surface area contributed by atoms with Crippen molar-refractivity contribution in [1.82, 2.24) is 10.3 Å². The average molecular weight is 605 g/mol. The Labute approximate surface area is 242 Å². The van der Waals surface area contributed by atoms with Gasteiger partial charge in [0.2, 0.25) is 6.79 Å². The number of alkyl halides is 3. The van der Waals surface area contributed by atoms with Crippen molar-refractivity contribution < 1.29 is 56.0 Å². The highest BCUT2D eigenvalue weighted by Crippen LogP contribution is 2.31. The molecule has 2 fully saturated rings. The maximum absolute atomic E-state index is 13.3. The lowest BCUT2D eigenvalue weighted by molar-refractivity contribution is -0.174. The summed E-state index contributed by atoms with van der Waals surface area (Å²) >= 11 is 0. The molecule has 1 saturated carbocycles. The summed E-state index contributed by atoms with van der Waals surface area (Å²) in [6, 6.07) is 0.389. The number of nitrogens with zero attached hydrogens (tertiary/aromatic N) is 1. The van der Waals surface area contributed by atoms with E-state index in [-0.39, 0.29) is 42.7 Å². The zero-order valence-electron chi connectivity index (χ0n) is 24.1. The number of aromatic nitrogens is 1. The number of carbonyl (C=O) groups is 3. The number of nitrogens with one attached hydrogen (secondary N) is 1. The van der Waals surface area contributed by atoms with Crippen LogP contribution < -0.4 is 14.8 Å². The minimum Gasteiger partial charge on any atom is -0.493 e. The first-order valence-corrected chi connectivity index (χ1v) is 14.1. The largest absolute Gasteiger partial charge is 0.493 e. The Morgan fingerprint density at radius 1 is 1.14 bits per heavy atom. The van der Waals surface area contributed by atoms with E-state index in [2.05, 4.69) is 10.3 Å². The van der Waals surface area contributed by atoms with Crippen LogP contribution in [0, 0.1) is 0 Å². The highest BCUT2D eigenvalue weighted by atomic mass is 19.4. The van der Waals surface area contributed by atoms with Crippen molar-refractivity contribution in [3.05, 3.63) is 18.0 Å². The van der Waals surface area contributed by atoms with Gasteiger partial charge in [-0.1, -0.05) is 12.8 Å². The number of amides is 1. The molecule has 3 rings (SSSR count). The SMILES string of the molecule is COc1ccnc(C(=O)N[C@H]2CCC[C@H](OC3CCCC3)[C@@H](OCCCC(F)(F)F)[C@H](C)OC2=O)c1OCOC(C)=O. The molecule has 1 aliphatic heterocycles. The fraction of sp³-hybridized carbons (Fsp3) is 0.714. The first-order valence-electron chi connectivity index (χ1n) is 14.1. The molecule has 4 atom stereocenters. The maximum atomic E-state index is 13.3. The number of halogens is 3. The van der Waals surface area contributed by atoms with Gasteiger partial charge in [0.1, 0.15) is 18.2 Å². The Bertz CT molecular complexity index is 1050. The van der Waals surface area contributed by atoms with Crippen LogP contribution in [0.4, 0.5) is 13.2 Å². The average Bonchev–Trinajstić information content (AvgIpc) is 3.44. The smallest absolute Gasteiger partial charge is 0.389 e. The van der Waals surface area contributed by atoms with Gasteiger partial charge in [-0.15, -0.1) is 0 Å². The van der Waals surface area contributed by atoms with Crippen molar-refractivity contribution in [1.29, 1.82) is 0 Å². The summed E-state index contributed by atoms with van der Waals surface area (Å²) in [6.07, 6.45) is -1.44. The second kappa shape index (κ2) is 15.9. The van der Waals surface area contributed by atoms with E-state index in [1.54, 1.807) is 6.92 Å². The molecule has 0 radical (unpaired) electrons. The molecule has 1 saturated heterocycles. The molecule has 0 spiro atoms. The lowest BCUT2D eigenvalue weighted by atomic mass is 10.0. The zero-order valence-corrected chi connectivity index (χ0v) is 24.1. The lowest BCUT2D eigenvalue weighted by Gasteiger charge is -2.33. The van der Waals surface area contributed by atoms with Crippen LogP contribution in [0.15, 0.2) is 12.3 Å². The Hall–Kier alpha value is -3.13. The molecule has 0 aromatic carbocycles. The van der Waals surface area contributed by atoms with Crippen molar-refractivity contribution >= 4 is 17.8 Å². The number of cyclic esters (lactones) is 1. The summed E-state index contributed by atoms with van der Waals surface area (Å²) in [4.78, 5) is 41.6. The Kier molecular flexibility index (Phi) is 12.6. The van der Waals surface area contributed by atoms with Crippen molar-refractivity contribution in [2.45, 2.75) is 108 Å². The monoisotopic (exact) mass is 604 g/mol. The number of methoxy groups -OCH3 is 1. The second-order valence-corrected chi connectivity index (χ2v) is 10.3. The molecule has 1 amide bonds. The molecule has 1 aromatic heterocycles. The van der Waals surface area contributed by atoms with Gasteiger partial charge in [-0.25, -0.2) is 9.78 Å². The summed E-state index contributed by atoms with van der Waals surface area (Å²) in [5.41, 5.74) is -0.199. The van der Waals surface area contributed by atoms with Crippen LogP contribution in [0.3, 0.4) is 0 Å². The van der Waals surface area contributed by atoms with Gasteiger partial charge < -0.3 is 33.7 Å². The van der Waals surface area contributed by atoms with Crippen LogP contribution >= 0.6 is 0 Å². The Balaban J connectivity index is 1.73. The number of hydrogen-bond acceptors (Lipinski definition) is 10. The predicted molar refractivity (Wildman–Crippen MR) is 141 cm³/mol. The van der Waals surface area contributed by atoms with Gasteiger partial charge in [-0.3, -0.25) is 9.59 Å². The molecular weight excluding hydrogens is 565 g/mol. The van der Waals surface area contributed by atoms with Crippen LogP contribution in [0.2, 0.25) is 0 Å². The number of hydrogen-bond donors (Lipinski definition) is 1. The quantitative estimate of drug-likeness (QED) is 0.210. The van der Waals surface area contributed by atoms with E-state index in [4.69, 9.17) is 28.4 Å². The van der Waals surface area contributed by atoms with Crippen LogP contribution in [-0.2, 0) is 28.5 Å². The summed E-state index contributed by atoms with van der Waals surface area (Å²) in [5.74, 6) is -2.00. The van der Waals surface area contributed by atoms with E-state index in [0.717, 1.165) is 25.7 Å². The fourth-order valence-corrected chi connectivity index (χ4v) is 5.01. The topological polar surface area (TPSA) is 132 Å². The number of carbonyl (C=O) groups excluding carboxylic acids is 3. The first kappa shape index (κ1) is 33.4. The normalized spacial score (nSPS) is 23.7. The minimum atomic E-state index is -4.30. The first-order chi connectivity index (χ1) is 20.0. The van der Waals surface area contributed by atoms with Crippen LogP contribution in [0.25, 0.3) is 0 Å². The molecule has 1 N–H and O–H groups in total. The molecule has 1 aliphatic carbocycles.